The smallest absolute Gasteiger partial charge is 0.119 e. The molecule has 0 saturated heterocycles. The molecule has 2 unspecified atom stereocenters. The summed E-state index contributed by atoms with van der Waals surface area (Å²) in [5, 5.41) is 3.53. The second kappa shape index (κ2) is 5.90. The fraction of sp³-hybridized carbons (Fsp3) is 0.571. The summed E-state index contributed by atoms with van der Waals surface area (Å²) in [4.78, 5) is 0. The molecule has 0 aromatic heterocycles. The first-order valence-corrected chi connectivity index (χ1v) is 6.35. The van der Waals surface area contributed by atoms with Gasteiger partial charge in [-0.2, -0.15) is 0 Å². The van der Waals surface area contributed by atoms with Gasteiger partial charge in [0.05, 0.1) is 0 Å². The van der Waals surface area contributed by atoms with Crippen molar-refractivity contribution in [3.8, 4) is 5.75 Å². The first kappa shape index (κ1) is 11.5. The van der Waals surface area contributed by atoms with Crippen molar-refractivity contribution < 1.29 is 4.74 Å². The monoisotopic (exact) mass is 219 g/mol. The Labute approximate surface area is 98.0 Å². The van der Waals surface area contributed by atoms with E-state index >= 15 is 0 Å². The minimum atomic E-state index is 0.344. The van der Waals surface area contributed by atoms with E-state index < -0.39 is 0 Å². The minimum absolute atomic E-state index is 0.344. The molecule has 16 heavy (non-hydrogen) atoms. The van der Waals surface area contributed by atoms with Gasteiger partial charge in [0.2, 0.25) is 0 Å². The maximum atomic E-state index is 6.06. The van der Waals surface area contributed by atoms with Crippen molar-refractivity contribution in [2.45, 2.75) is 44.8 Å². The van der Waals surface area contributed by atoms with Crippen LogP contribution in [0.3, 0.4) is 0 Å². The van der Waals surface area contributed by atoms with E-state index in [9.17, 15) is 0 Å². The van der Waals surface area contributed by atoms with E-state index in [1.165, 1.54) is 25.7 Å². The molecule has 1 N–H and O–H groups in total. The molecule has 2 rings (SSSR count). The van der Waals surface area contributed by atoms with Gasteiger partial charge < -0.3 is 10.1 Å². The molecule has 1 saturated carbocycles. The number of rotatable bonds is 4. The molecular formula is C14H21NO. The molecule has 1 aliphatic rings. The SMILES string of the molecule is CCNC1CCCCC1Oc1ccccc1. The maximum absolute atomic E-state index is 6.06. The van der Waals surface area contributed by atoms with Crippen LogP contribution in [0, 0.1) is 0 Å². The van der Waals surface area contributed by atoms with Crippen LogP contribution < -0.4 is 10.1 Å². The molecule has 0 bridgehead atoms. The summed E-state index contributed by atoms with van der Waals surface area (Å²) in [7, 11) is 0. The van der Waals surface area contributed by atoms with Crippen LogP contribution in [-0.2, 0) is 0 Å². The lowest BCUT2D eigenvalue weighted by molar-refractivity contribution is 0.115. The Morgan fingerprint density at radius 3 is 2.69 bits per heavy atom. The van der Waals surface area contributed by atoms with Gasteiger partial charge in [-0.1, -0.05) is 31.5 Å². The molecule has 0 amide bonds. The fourth-order valence-electron chi connectivity index (χ4n) is 2.41. The predicted octanol–water partition coefficient (Wildman–Crippen LogP) is 2.99. The van der Waals surface area contributed by atoms with E-state index in [1.54, 1.807) is 0 Å². The van der Waals surface area contributed by atoms with Crippen LogP contribution in [0.25, 0.3) is 0 Å². The van der Waals surface area contributed by atoms with E-state index in [4.69, 9.17) is 4.74 Å². The van der Waals surface area contributed by atoms with Crippen LogP contribution >= 0.6 is 0 Å². The highest BCUT2D eigenvalue weighted by Gasteiger charge is 2.25. The summed E-state index contributed by atoms with van der Waals surface area (Å²) < 4.78 is 6.06. The van der Waals surface area contributed by atoms with Gasteiger partial charge in [0.1, 0.15) is 11.9 Å². The summed E-state index contributed by atoms with van der Waals surface area (Å²) in [6.07, 6.45) is 5.37. The van der Waals surface area contributed by atoms with Crippen molar-refractivity contribution in [3.63, 3.8) is 0 Å². The average Bonchev–Trinajstić information content (AvgIpc) is 2.33. The second-order valence-corrected chi connectivity index (χ2v) is 4.42. The number of benzene rings is 1. The molecule has 2 nitrogen and oxygen atoms in total. The van der Waals surface area contributed by atoms with Crippen molar-refractivity contribution in [1.82, 2.24) is 5.32 Å². The molecule has 0 radical (unpaired) electrons. The van der Waals surface area contributed by atoms with Crippen LogP contribution in [-0.4, -0.2) is 18.7 Å². The van der Waals surface area contributed by atoms with Gasteiger partial charge >= 0.3 is 0 Å². The van der Waals surface area contributed by atoms with Gasteiger partial charge in [-0.15, -0.1) is 0 Å². The largest absolute Gasteiger partial charge is 0.489 e. The highest BCUT2D eigenvalue weighted by Crippen LogP contribution is 2.23. The minimum Gasteiger partial charge on any atom is -0.489 e. The summed E-state index contributed by atoms with van der Waals surface area (Å²) in [6.45, 7) is 3.19. The lowest BCUT2D eigenvalue weighted by atomic mass is 9.92. The van der Waals surface area contributed by atoms with Gasteiger partial charge in [-0.05, 0) is 37.9 Å². The van der Waals surface area contributed by atoms with Crippen molar-refractivity contribution in [2.24, 2.45) is 0 Å². The Morgan fingerprint density at radius 2 is 1.94 bits per heavy atom. The molecule has 0 aliphatic heterocycles. The number of hydrogen-bond acceptors (Lipinski definition) is 2. The highest BCUT2D eigenvalue weighted by molar-refractivity contribution is 5.21. The zero-order valence-corrected chi connectivity index (χ0v) is 9.99. The Balaban J connectivity index is 1.96. The van der Waals surface area contributed by atoms with Crippen LogP contribution in [0.1, 0.15) is 32.6 Å². The van der Waals surface area contributed by atoms with Crippen molar-refractivity contribution in [2.75, 3.05) is 6.54 Å². The number of ether oxygens (including phenoxy) is 1. The third-order valence-electron chi connectivity index (χ3n) is 3.20. The summed E-state index contributed by atoms with van der Waals surface area (Å²) >= 11 is 0. The predicted molar refractivity (Wildman–Crippen MR) is 66.8 cm³/mol. The van der Waals surface area contributed by atoms with Gasteiger partial charge in [-0.25, -0.2) is 0 Å². The lowest BCUT2D eigenvalue weighted by Crippen LogP contribution is -2.45. The topological polar surface area (TPSA) is 21.3 Å². The van der Waals surface area contributed by atoms with Gasteiger partial charge in [0, 0.05) is 6.04 Å². The molecule has 1 aromatic carbocycles. The zero-order chi connectivity index (χ0) is 11.2. The third-order valence-corrected chi connectivity index (χ3v) is 3.20. The quantitative estimate of drug-likeness (QED) is 0.840. The van der Waals surface area contributed by atoms with E-state index in [0.717, 1.165) is 12.3 Å². The summed E-state index contributed by atoms with van der Waals surface area (Å²) in [6, 6.07) is 10.7. The number of likely N-dealkylation sites (N-methyl/N-ethyl adjacent to an activating group) is 1. The van der Waals surface area contributed by atoms with E-state index in [-0.39, 0.29) is 0 Å². The maximum Gasteiger partial charge on any atom is 0.119 e. The second-order valence-electron chi connectivity index (χ2n) is 4.42. The molecule has 88 valence electrons. The number of para-hydroxylation sites is 1. The molecule has 2 atom stereocenters. The first-order valence-electron chi connectivity index (χ1n) is 6.35. The summed E-state index contributed by atoms with van der Waals surface area (Å²) in [5.74, 6) is 0.998. The summed E-state index contributed by atoms with van der Waals surface area (Å²) in [5.41, 5.74) is 0. The standard InChI is InChI=1S/C14H21NO/c1-2-15-13-10-6-7-11-14(13)16-12-8-4-3-5-9-12/h3-5,8-9,13-15H,2,6-7,10-11H2,1H3. The molecule has 2 heteroatoms. The van der Waals surface area contributed by atoms with Crippen LogP contribution in [0.2, 0.25) is 0 Å². The average molecular weight is 219 g/mol. The number of nitrogens with one attached hydrogen (secondary N) is 1. The van der Waals surface area contributed by atoms with Crippen LogP contribution in [0.4, 0.5) is 0 Å². The highest BCUT2D eigenvalue weighted by atomic mass is 16.5. The Bertz CT molecular complexity index is 297. The fourth-order valence-corrected chi connectivity index (χ4v) is 2.41. The normalized spacial score (nSPS) is 25.3. The third kappa shape index (κ3) is 2.99. The van der Waals surface area contributed by atoms with Crippen molar-refractivity contribution in [3.05, 3.63) is 30.3 Å². The zero-order valence-electron chi connectivity index (χ0n) is 9.99. The van der Waals surface area contributed by atoms with E-state index in [2.05, 4.69) is 12.2 Å². The van der Waals surface area contributed by atoms with Crippen molar-refractivity contribution >= 4 is 0 Å². The van der Waals surface area contributed by atoms with E-state index in [0.29, 0.717) is 12.1 Å². The van der Waals surface area contributed by atoms with Crippen LogP contribution in [0.5, 0.6) is 5.75 Å². The molecule has 1 aliphatic carbocycles. The van der Waals surface area contributed by atoms with E-state index in [1.807, 2.05) is 30.3 Å². The molecule has 1 aromatic rings. The Hall–Kier alpha value is -1.02. The van der Waals surface area contributed by atoms with Gasteiger partial charge in [0.25, 0.3) is 0 Å². The Morgan fingerprint density at radius 1 is 1.19 bits per heavy atom. The first-order chi connectivity index (χ1) is 7.90. The lowest BCUT2D eigenvalue weighted by Gasteiger charge is -2.32. The molecular weight excluding hydrogens is 198 g/mol. The molecule has 0 heterocycles. The van der Waals surface area contributed by atoms with Crippen molar-refractivity contribution in [1.29, 1.82) is 0 Å². The Kier molecular flexibility index (Phi) is 4.23. The van der Waals surface area contributed by atoms with Gasteiger partial charge in [0.15, 0.2) is 0 Å². The number of hydrogen-bond donors (Lipinski definition) is 1. The van der Waals surface area contributed by atoms with Crippen LogP contribution in [0.15, 0.2) is 30.3 Å². The molecule has 1 fully saturated rings. The molecule has 0 spiro atoms. The van der Waals surface area contributed by atoms with Gasteiger partial charge in [-0.3, -0.25) is 0 Å².